The summed E-state index contributed by atoms with van der Waals surface area (Å²) in [4.78, 5) is 22.0. The first-order chi connectivity index (χ1) is 15.5. The fourth-order valence-corrected chi connectivity index (χ4v) is 3.25. The zero-order chi connectivity index (χ0) is 22.7. The Morgan fingerprint density at radius 2 is 1.78 bits per heavy atom. The SMILES string of the molecule is COc1ccc(-c2cc(C(=O)OCc3nc(C(C)C)no3)c3ccccc3n2)cc1OC. The van der Waals surface area contributed by atoms with Gasteiger partial charge in [-0.3, -0.25) is 0 Å². The number of nitrogens with zero attached hydrogens (tertiary/aromatic N) is 3. The molecule has 0 atom stereocenters. The van der Waals surface area contributed by atoms with E-state index in [1.54, 1.807) is 26.4 Å². The highest BCUT2D eigenvalue weighted by atomic mass is 16.6. The standard InChI is InChI=1S/C24H23N3O5/c1-14(2)23-26-22(32-27-23)13-31-24(28)17-12-19(25-18-8-6-5-7-16(17)18)15-9-10-20(29-3)21(11-15)30-4/h5-12,14H,13H2,1-4H3. The molecule has 0 N–H and O–H groups in total. The number of ether oxygens (including phenoxy) is 3. The number of benzene rings is 2. The van der Waals surface area contributed by atoms with Crippen molar-refractivity contribution in [1.82, 2.24) is 15.1 Å². The molecular formula is C24H23N3O5. The van der Waals surface area contributed by atoms with E-state index >= 15 is 0 Å². The van der Waals surface area contributed by atoms with Gasteiger partial charge in [0.15, 0.2) is 23.9 Å². The van der Waals surface area contributed by atoms with Gasteiger partial charge in [-0.25, -0.2) is 9.78 Å². The normalized spacial score (nSPS) is 11.0. The molecule has 2 heterocycles. The topological polar surface area (TPSA) is 96.6 Å². The lowest BCUT2D eigenvalue weighted by molar-refractivity contribution is 0.0432. The van der Waals surface area contributed by atoms with Gasteiger partial charge in [-0.2, -0.15) is 4.98 Å². The van der Waals surface area contributed by atoms with Gasteiger partial charge in [0.25, 0.3) is 5.89 Å². The molecular weight excluding hydrogens is 410 g/mol. The zero-order valence-electron chi connectivity index (χ0n) is 18.3. The summed E-state index contributed by atoms with van der Waals surface area (Å²) in [6, 6.07) is 14.6. The highest BCUT2D eigenvalue weighted by Crippen LogP contribution is 2.33. The first-order valence-corrected chi connectivity index (χ1v) is 10.1. The third kappa shape index (κ3) is 4.25. The summed E-state index contributed by atoms with van der Waals surface area (Å²) in [5, 5.41) is 4.58. The van der Waals surface area contributed by atoms with Crippen LogP contribution in [0.1, 0.15) is 41.8 Å². The van der Waals surface area contributed by atoms with Crippen LogP contribution in [0.3, 0.4) is 0 Å². The Bertz CT molecular complexity index is 1270. The monoisotopic (exact) mass is 433 g/mol. The first kappa shape index (κ1) is 21.3. The van der Waals surface area contributed by atoms with E-state index in [0.29, 0.717) is 39.5 Å². The Labute approximate surface area is 185 Å². The van der Waals surface area contributed by atoms with Crippen molar-refractivity contribution in [2.24, 2.45) is 0 Å². The van der Waals surface area contributed by atoms with Gasteiger partial charge >= 0.3 is 5.97 Å². The Kier molecular flexibility index (Phi) is 6.02. The average Bonchev–Trinajstić information content (AvgIpc) is 3.31. The number of carbonyl (C=O) groups is 1. The molecule has 4 aromatic rings. The molecule has 2 aromatic heterocycles. The summed E-state index contributed by atoms with van der Waals surface area (Å²) in [7, 11) is 3.15. The van der Waals surface area contributed by atoms with Gasteiger partial charge in [-0.1, -0.05) is 37.2 Å². The van der Waals surface area contributed by atoms with E-state index in [4.69, 9.17) is 23.7 Å². The number of fused-ring (bicyclic) bond motifs is 1. The highest BCUT2D eigenvalue weighted by Gasteiger charge is 2.18. The second kappa shape index (κ2) is 9.05. The molecule has 0 saturated heterocycles. The average molecular weight is 433 g/mol. The summed E-state index contributed by atoms with van der Waals surface area (Å²) in [5.74, 6) is 1.62. The molecule has 0 aliphatic carbocycles. The summed E-state index contributed by atoms with van der Waals surface area (Å²) < 4.78 is 21.4. The molecule has 0 radical (unpaired) electrons. The van der Waals surface area contributed by atoms with Crippen LogP contribution in [0.2, 0.25) is 0 Å². The minimum atomic E-state index is -0.505. The number of aromatic nitrogens is 3. The number of esters is 1. The lowest BCUT2D eigenvalue weighted by atomic mass is 10.0. The Morgan fingerprint density at radius 3 is 2.50 bits per heavy atom. The van der Waals surface area contributed by atoms with Gasteiger partial charge in [-0.15, -0.1) is 0 Å². The third-order valence-corrected chi connectivity index (χ3v) is 4.94. The van der Waals surface area contributed by atoms with Crippen LogP contribution in [-0.4, -0.2) is 35.3 Å². The van der Waals surface area contributed by atoms with Gasteiger partial charge in [0.2, 0.25) is 0 Å². The summed E-state index contributed by atoms with van der Waals surface area (Å²) in [6.07, 6.45) is 0. The van der Waals surface area contributed by atoms with E-state index in [9.17, 15) is 4.79 Å². The molecule has 164 valence electrons. The fourth-order valence-electron chi connectivity index (χ4n) is 3.25. The maximum Gasteiger partial charge on any atom is 0.339 e. The zero-order valence-corrected chi connectivity index (χ0v) is 18.3. The molecule has 0 spiro atoms. The lowest BCUT2D eigenvalue weighted by Gasteiger charge is -2.12. The summed E-state index contributed by atoms with van der Waals surface area (Å²) in [5.41, 5.74) is 2.45. The maximum atomic E-state index is 13.0. The summed E-state index contributed by atoms with van der Waals surface area (Å²) in [6.45, 7) is 3.81. The van der Waals surface area contributed by atoms with Gasteiger partial charge in [0.05, 0.1) is 31.0 Å². The van der Waals surface area contributed by atoms with E-state index in [-0.39, 0.29) is 18.4 Å². The molecule has 8 nitrogen and oxygen atoms in total. The molecule has 32 heavy (non-hydrogen) atoms. The largest absolute Gasteiger partial charge is 0.493 e. The van der Waals surface area contributed by atoms with E-state index in [1.807, 2.05) is 50.2 Å². The van der Waals surface area contributed by atoms with Crippen LogP contribution < -0.4 is 9.47 Å². The van der Waals surface area contributed by atoms with Crippen LogP contribution in [-0.2, 0) is 11.3 Å². The number of para-hydroxylation sites is 1. The van der Waals surface area contributed by atoms with Crippen molar-refractivity contribution in [3.63, 3.8) is 0 Å². The third-order valence-electron chi connectivity index (χ3n) is 4.94. The Balaban J connectivity index is 1.68. The van der Waals surface area contributed by atoms with Crippen molar-refractivity contribution < 1.29 is 23.5 Å². The van der Waals surface area contributed by atoms with E-state index in [1.165, 1.54) is 0 Å². The molecule has 0 unspecified atom stereocenters. The van der Waals surface area contributed by atoms with Crippen molar-refractivity contribution in [3.05, 3.63) is 65.8 Å². The van der Waals surface area contributed by atoms with E-state index < -0.39 is 5.97 Å². The molecule has 0 fully saturated rings. The van der Waals surface area contributed by atoms with Crippen LogP contribution in [0.25, 0.3) is 22.2 Å². The van der Waals surface area contributed by atoms with Crippen molar-refractivity contribution in [2.45, 2.75) is 26.4 Å². The van der Waals surface area contributed by atoms with E-state index in [0.717, 1.165) is 5.56 Å². The van der Waals surface area contributed by atoms with Crippen molar-refractivity contribution in [3.8, 4) is 22.8 Å². The predicted molar refractivity (Wildman–Crippen MR) is 118 cm³/mol. The molecule has 2 aromatic carbocycles. The minimum Gasteiger partial charge on any atom is -0.493 e. The van der Waals surface area contributed by atoms with Crippen molar-refractivity contribution in [2.75, 3.05) is 14.2 Å². The smallest absolute Gasteiger partial charge is 0.339 e. The number of methoxy groups -OCH3 is 2. The fraction of sp³-hybridized carbons (Fsp3) is 0.250. The van der Waals surface area contributed by atoms with Gasteiger partial charge in [0, 0.05) is 16.9 Å². The molecule has 0 aliphatic rings. The number of carbonyl (C=O) groups excluding carboxylic acids is 1. The quantitative estimate of drug-likeness (QED) is 0.384. The lowest BCUT2D eigenvalue weighted by Crippen LogP contribution is -2.07. The van der Waals surface area contributed by atoms with Crippen molar-refractivity contribution >= 4 is 16.9 Å². The van der Waals surface area contributed by atoms with Crippen LogP contribution in [0.15, 0.2) is 53.1 Å². The van der Waals surface area contributed by atoms with E-state index in [2.05, 4.69) is 10.1 Å². The van der Waals surface area contributed by atoms with Crippen LogP contribution in [0.4, 0.5) is 0 Å². The molecule has 8 heteroatoms. The molecule has 0 amide bonds. The summed E-state index contributed by atoms with van der Waals surface area (Å²) >= 11 is 0. The van der Waals surface area contributed by atoms with Crippen LogP contribution >= 0.6 is 0 Å². The molecule has 0 aliphatic heterocycles. The number of pyridine rings is 1. The predicted octanol–water partition coefficient (Wildman–Crippen LogP) is 4.78. The van der Waals surface area contributed by atoms with Crippen molar-refractivity contribution in [1.29, 1.82) is 0 Å². The molecule has 0 saturated carbocycles. The maximum absolute atomic E-state index is 13.0. The van der Waals surface area contributed by atoms with Crippen LogP contribution in [0, 0.1) is 0 Å². The minimum absolute atomic E-state index is 0.110. The van der Waals surface area contributed by atoms with Crippen LogP contribution in [0.5, 0.6) is 11.5 Å². The van der Waals surface area contributed by atoms with Gasteiger partial charge in [-0.05, 0) is 30.3 Å². The second-order valence-electron chi connectivity index (χ2n) is 7.42. The number of rotatable bonds is 7. The number of hydrogen-bond acceptors (Lipinski definition) is 8. The Hall–Kier alpha value is -3.94. The number of hydrogen-bond donors (Lipinski definition) is 0. The second-order valence-corrected chi connectivity index (χ2v) is 7.42. The molecule has 4 rings (SSSR count). The molecule has 0 bridgehead atoms. The highest BCUT2D eigenvalue weighted by molar-refractivity contribution is 6.04. The van der Waals surface area contributed by atoms with Gasteiger partial charge in [0.1, 0.15) is 0 Å². The first-order valence-electron chi connectivity index (χ1n) is 10.1. The van der Waals surface area contributed by atoms with Gasteiger partial charge < -0.3 is 18.7 Å². The Morgan fingerprint density at radius 1 is 1.00 bits per heavy atom.